The highest BCUT2D eigenvalue weighted by Gasteiger charge is 2.19. The Labute approximate surface area is 187 Å². The van der Waals surface area contributed by atoms with Crippen molar-refractivity contribution < 1.29 is 13.2 Å². The summed E-state index contributed by atoms with van der Waals surface area (Å²) in [4.78, 5) is 17.0. The van der Waals surface area contributed by atoms with Crippen molar-refractivity contribution in [3.8, 4) is 0 Å². The van der Waals surface area contributed by atoms with Gasteiger partial charge in [0.25, 0.3) is 15.9 Å². The van der Waals surface area contributed by atoms with E-state index in [1.165, 1.54) is 18.5 Å². The van der Waals surface area contributed by atoms with Crippen LogP contribution in [0.15, 0.2) is 70.3 Å². The van der Waals surface area contributed by atoms with Gasteiger partial charge in [-0.05, 0) is 60.2 Å². The number of carbonyl (C=O) groups is 1. The lowest BCUT2D eigenvalue weighted by Gasteiger charge is -2.24. The Morgan fingerprint density at radius 3 is 2.42 bits per heavy atom. The van der Waals surface area contributed by atoms with Crippen LogP contribution < -0.4 is 9.62 Å². The normalized spacial score (nSPS) is 13.9. The Bertz CT molecular complexity index is 1140. The molecule has 1 N–H and O–H groups in total. The van der Waals surface area contributed by atoms with E-state index < -0.39 is 10.0 Å². The topological polar surface area (TPSA) is 69.7 Å². The maximum atomic E-state index is 12.9. The number of nitrogens with one attached hydrogen (secondary N) is 1. The standard InChI is InChI=1S/C23H25N3O3S2/c1-25(17-19-7-2-3-8-21(19)26-14-4-5-15-26)23(27)18-10-12-20(13-11-18)24-31(28,29)22-9-6-16-30-22/h2-3,6-13,16,24H,4-5,14-15,17H2,1H3. The molecule has 0 spiro atoms. The van der Waals surface area contributed by atoms with Gasteiger partial charge in [0.15, 0.2) is 0 Å². The summed E-state index contributed by atoms with van der Waals surface area (Å²) in [7, 11) is -1.82. The first kappa shape index (κ1) is 21.4. The molecule has 0 unspecified atom stereocenters. The van der Waals surface area contributed by atoms with Gasteiger partial charge in [0.05, 0.1) is 0 Å². The first-order valence-corrected chi connectivity index (χ1v) is 12.5. The monoisotopic (exact) mass is 455 g/mol. The van der Waals surface area contributed by atoms with Gasteiger partial charge >= 0.3 is 0 Å². The molecule has 1 aliphatic heterocycles. The van der Waals surface area contributed by atoms with Crippen molar-refractivity contribution in [2.24, 2.45) is 0 Å². The number of carbonyl (C=O) groups excluding carboxylic acids is 1. The molecule has 6 nitrogen and oxygen atoms in total. The molecular weight excluding hydrogens is 430 g/mol. The predicted molar refractivity (Wildman–Crippen MR) is 125 cm³/mol. The zero-order valence-corrected chi connectivity index (χ0v) is 19.0. The quantitative estimate of drug-likeness (QED) is 0.573. The Kier molecular flexibility index (Phi) is 6.29. The number of hydrogen-bond donors (Lipinski definition) is 1. The van der Waals surface area contributed by atoms with E-state index in [1.807, 2.05) is 12.1 Å². The average Bonchev–Trinajstić information content (AvgIpc) is 3.48. The van der Waals surface area contributed by atoms with E-state index in [2.05, 4.69) is 21.8 Å². The first-order valence-electron chi connectivity index (χ1n) is 10.2. The zero-order chi connectivity index (χ0) is 21.8. The molecule has 0 saturated carbocycles. The van der Waals surface area contributed by atoms with Gasteiger partial charge in [-0.2, -0.15) is 0 Å². The maximum absolute atomic E-state index is 12.9. The van der Waals surface area contributed by atoms with Gasteiger partial charge in [-0.1, -0.05) is 24.3 Å². The van der Waals surface area contributed by atoms with Gasteiger partial charge in [0.1, 0.15) is 4.21 Å². The average molecular weight is 456 g/mol. The number of anilines is 2. The second-order valence-corrected chi connectivity index (χ2v) is 10.5. The van der Waals surface area contributed by atoms with Crippen molar-refractivity contribution >= 4 is 38.6 Å². The summed E-state index contributed by atoms with van der Waals surface area (Å²) in [5, 5.41) is 1.72. The van der Waals surface area contributed by atoms with Crippen molar-refractivity contribution in [1.29, 1.82) is 0 Å². The molecule has 31 heavy (non-hydrogen) atoms. The van der Waals surface area contributed by atoms with E-state index in [0.717, 1.165) is 30.0 Å². The summed E-state index contributed by atoms with van der Waals surface area (Å²) in [5.74, 6) is -0.108. The minimum atomic E-state index is -3.60. The smallest absolute Gasteiger partial charge is 0.271 e. The van der Waals surface area contributed by atoms with Crippen molar-refractivity contribution in [3.05, 3.63) is 77.2 Å². The van der Waals surface area contributed by atoms with Gasteiger partial charge in [0, 0.05) is 43.6 Å². The van der Waals surface area contributed by atoms with Crippen molar-refractivity contribution in [3.63, 3.8) is 0 Å². The van der Waals surface area contributed by atoms with E-state index >= 15 is 0 Å². The molecule has 4 rings (SSSR count). The fourth-order valence-corrected chi connectivity index (χ4v) is 5.81. The summed E-state index contributed by atoms with van der Waals surface area (Å²) in [6.45, 7) is 2.62. The van der Waals surface area contributed by atoms with Crippen LogP contribution in [0.3, 0.4) is 0 Å². The summed E-state index contributed by atoms with van der Waals surface area (Å²) in [6, 6.07) is 18.0. The largest absolute Gasteiger partial charge is 0.371 e. The van der Waals surface area contributed by atoms with Crippen LogP contribution in [0.2, 0.25) is 0 Å². The summed E-state index contributed by atoms with van der Waals surface area (Å²) >= 11 is 1.16. The van der Waals surface area contributed by atoms with Crippen molar-refractivity contribution in [2.75, 3.05) is 29.8 Å². The predicted octanol–water partition coefficient (Wildman–Crippen LogP) is 4.42. The summed E-state index contributed by atoms with van der Waals surface area (Å²) in [6.07, 6.45) is 2.40. The van der Waals surface area contributed by atoms with E-state index in [1.54, 1.807) is 53.7 Å². The zero-order valence-electron chi connectivity index (χ0n) is 17.3. The number of thiophene rings is 1. The fourth-order valence-electron chi connectivity index (χ4n) is 3.76. The molecule has 3 aromatic rings. The van der Waals surface area contributed by atoms with Gasteiger partial charge in [-0.3, -0.25) is 9.52 Å². The van der Waals surface area contributed by atoms with E-state index in [4.69, 9.17) is 0 Å². The second-order valence-electron chi connectivity index (χ2n) is 7.60. The molecule has 1 saturated heterocycles. The Hall–Kier alpha value is -2.84. The van der Waals surface area contributed by atoms with Gasteiger partial charge in [-0.25, -0.2) is 8.42 Å². The van der Waals surface area contributed by atoms with Crippen molar-refractivity contribution in [2.45, 2.75) is 23.6 Å². The number of benzene rings is 2. The molecular formula is C23H25N3O3S2. The molecule has 1 fully saturated rings. The molecule has 162 valence electrons. The first-order chi connectivity index (χ1) is 14.9. The molecule has 1 aromatic heterocycles. The van der Waals surface area contributed by atoms with E-state index in [9.17, 15) is 13.2 Å². The Morgan fingerprint density at radius 2 is 1.74 bits per heavy atom. The summed E-state index contributed by atoms with van der Waals surface area (Å²) < 4.78 is 27.5. The third-order valence-electron chi connectivity index (χ3n) is 5.34. The SMILES string of the molecule is CN(Cc1ccccc1N1CCCC1)C(=O)c1ccc(NS(=O)(=O)c2cccs2)cc1. The molecule has 0 atom stereocenters. The van der Waals surface area contributed by atoms with Crippen LogP contribution in [0.5, 0.6) is 0 Å². The second kappa shape index (κ2) is 9.11. The number of sulfonamides is 1. The van der Waals surface area contributed by atoms with Crippen LogP contribution >= 0.6 is 11.3 Å². The minimum Gasteiger partial charge on any atom is -0.371 e. The number of amides is 1. The van der Waals surface area contributed by atoms with Crippen molar-refractivity contribution in [1.82, 2.24) is 4.90 Å². The molecule has 2 heterocycles. The van der Waals surface area contributed by atoms with Gasteiger partial charge < -0.3 is 9.80 Å². The van der Waals surface area contributed by atoms with Gasteiger partial charge in [0.2, 0.25) is 0 Å². The van der Waals surface area contributed by atoms with Crippen LogP contribution in [0.4, 0.5) is 11.4 Å². The minimum absolute atomic E-state index is 0.108. The third-order valence-corrected chi connectivity index (χ3v) is 8.12. The molecule has 0 bridgehead atoms. The molecule has 8 heteroatoms. The molecule has 1 amide bonds. The number of rotatable bonds is 7. The third kappa shape index (κ3) is 4.91. The highest BCUT2D eigenvalue weighted by molar-refractivity contribution is 7.94. The van der Waals surface area contributed by atoms with Crippen LogP contribution in [0, 0.1) is 0 Å². The molecule has 1 aliphatic rings. The van der Waals surface area contributed by atoms with Crippen LogP contribution in [0.1, 0.15) is 28.8 Å². The van der Waals surface area contributed by atoms with Crippen LogP contribution in [-0.4, -0.2) is 39.4 Å². The molecule has 2 aromatic carbocycles. The number of hydrogen-bond acceptors (Lipinski definition) is 5. The highest BCUT2D eigenvalue weighted by atomic mass is 32.2. The van der Waals surface area contributed by atoms with Crippen LogP contribution in [-0.2, 0) is 16.6 Å². The van der Waals surface area contributed by atoms with Gasteiger partial charge in [-0.15, -0.1) is 11.3 Å². The maximum Gasteiger partial charge on any atom is 0.271 e. The summed E-state index contributed by atoms with van der Waals surface area (Å²) in [5.41, 5.74) is 3.26. The van der Waals surface area contributed by atoms with E-state index in [-0.39, 0.29) is 10.1 Å². The lowest BCUT2D eigenvalue weighted by molar-refractivity contribution is 0.0785. The molecule has 0 radical (unpaired) electrons. The lowest BCUT2D eigenvalue weighted by Crippen LogP contribution is -2.28. The number of para-hydroxylation sites is 1. The van der Waals surface area contributed by atoms with E-state index in [0.29, 0.717) is 17.8 Å². The number of nitrogens with zero attached hydrogens (tertiary/aromatic N) is 2. The molecule has 0 aliphatic carbocycles. The van der Waals surface area contributed by atoms with Crippen LogP contribution in [0.25, 0.3) is 0 Å². The lowest BCUT2D eigenvalue weighted by atomic mass is 10.1. The Morgan fingerprint density at radius 1 is 1.03 bits per heavy atom. The fraction of sp³-hybridized carbons (Fsp3) is 0.261. The Balaban J connectivity index is 1.44. The highest BCUT2D eigenvalue weighted by Crippen LogP contribution is 2.26.